The van der Waals surface area contributed by atoms with Crippen LogP contribution in [0.15, 0.2) is 0 Å². The van der Waals surface area contributed by atoms with Gasteiger partial charge >= 0.3 is 12.1 Å². The van der Waals surface area contributed by atoms with Gasteiger partial charge in [-0.2, -0.15) is 0 Å². The van der Waals surface area contributed by atoms with Crippen molar-refractivity contribution in [3.63, 3.8) is 0 Å². The molecule has 0 spiro atoms. The predicted molar refractivity (Wildman–Crippen MR) is 64.5 cm³/mol. The maximum atomic E-state index is 11.9. The van der Waals surface area contributed by atoms with E-state index in [4.69, 9.17) is 9.84 Å². The Kier molecular flexibility index (Phi) is 3.75. The predicted octanol–water partition coefficient (Wildman–Crippen LogP) is 0.152. The first-order valence-electron chi connectivity index (χ1n) is 6.35. The summed E-state index contributed by atoms with van der Waals surface area (Å²) in [5.41, 5.74) is -0.702. The fourth-order valence-electron chi connectivity index (χ4n) is 2.32. The number of imide groups is 1. The Morgan fingerprint density at radius 1 is 1.32 bits per heavy atom. The zero-order chi connectivity index (χ0) is 14.0. The van der Waals surface area contributed by atoms with Gasteiger partial charge < -0.3 is 9.84 Å². The van der Waals surface area contributed by atoms with E-state index in [1.54, 1.807) is 6.92 Å². The number of cyclic esters (lactones) is 1. The fraction of sp³-hybridized carbons (Fsp3) is 0.750. The highest BCUT2D eigenvalue weighted by atomic mass is 16.6. The van der Waals surface area contributed by atoms with Crippen molar-refractivity contribution in [2.24, 2.45) is 5.41 Å². The molecule has 7 heteroatoms. The first-order chi connectivity index (χ1) is 8.92. The minimum absolute atomic E-state index is 0.144. The lowest BCUT2D eigenvalue weighted by atomic mass is 9.80. The molecule has 2 aliphatic heterocycles. The lowest BCUT2D eigenvalue weighted by Crippen LogP contribution is -2.47. The van der Waals surface area contributed by atoms with Gasteiger partial charge in [0, 0.05) is 0 Å². The van der Waals surface area contributed by atoms with Crippen LogP contribution in [0.5, 0.6) is 0 Å². The topological polar surface area (TPSA) is 87.2 Å². The average molecular weight is 270 g/mol. The minimum atomic E-state index is -0.790. The van der Waals surface area contributed by atoms with Crippen molar-refractivity contribution < 1.29 is 24.2 Å². The summed E-state index contributed by atoms with van der Waals surface area (Å²) >= 11 is 0. The number of carboxylic acids is 1. The van der Waals surface area contributed by atoms with E-state index in [1.807, 2.05) is 4.90 Å². The van der Waals surface area contributed by atoms with E-state index in [0.717, 1.165) is 4.90 Å². The van der Waals surface area contributed by atoms with E-state index in [1.165, 1.54) is 0 Å². The van der Waals surface area contributed by atoms with Crippen LogP contribution in [0.2, 0.25) is 0 Å². The van der Waals surface area contributed by atoms with E-state index >= 15 is 0 Å². The monoisotopic (exact) mass is 270 g/mol. The van der Waals surface area contributed by atoms with E-state index < -0.39 is 17.5 Å². The highest BCUT2D eigenvalue weighted by molar-refractivity contribution is 5.94. The summed E-state index contributed by atoms with van der Waals surface area (Å²) in [6.45, 7) is 3.53. The lowest BCUT2D eigenvalue weighted by molar-refractivity contribution is -0.150. The molecule has 0 saturated carbocycles. The third-order valence-corrected chi connectivity index (χ3v) is 3.90. The van der Waals surface area contributed by atoms with Gasteiger partial charge in [0.25, 0.3) is 0 Å². The molecule has 19 heavy (non-hydrogen) atoms. The summed E-state index contributed by atoms with van der Waals surface area (Å²) in [5.74, 6) is -1.07. The third-order valence-electron chi connectivity index (χ3n) is 3.90. The number of carbonyl (C=O) groups is 3. The molecule has 2 amide bonds. The molecule has 0 aromatic heterocycles. The van der Waals surface area contributed by atoms with Crippen molar-refractivity contribution in [3.05, 3.63) is 0 Å². The molecule has 1 N–H and O–H groups in total. The number of ether oxygens (including phenoxy) is 1. The van der Waals surface area contributed by atoms with Gasteiger partial charge in [-0.1, -0.05) is 0 Å². The van der Waals surface area contributed by atoms with Crippen molar-refractivity contribution in [3.8, 4) is 0 Å². The first-order valence-corrected chi connectivity index (χ1v) is 6.35. The third kappa shape index (κ3) is 2.86. The normalized spacial score (nSPS) is 23.2. The van der Waals surface area contributed by atoms with E-state index in [9.17, 15) is 14.4 Å². The molecular formula is C12H18N2O5. The molecule has 0 radical (unpaired) electrons. The Morgan fingerprint density at radius 2 is 1.95 bits per heavy atom. The number of rotatable bonds is 3. The second-order valence-electron chi connectivity index (χ2n) is 5.30. The molecule has 0 bridgehead atoms. The molecule has 0 unspecified atom stereocenters. The van der Waals surface area contributed by atoms with E-state index in [-0.39, 0.29) is 19.1 Å². The SMILES string of the molecule is CC1(C(=O)O)CCN(CC(=O)N2CCOC2=O)CC1. The van der Waals surface area contributed by atoms with Crippen LogP contribution in [-0.2, 0) is 14.3 Å². The maximum absolute atomic E-state index is 11.9. The average Bonchev–Trinajstić information content (AvgIpc) is 2.78. The Hall–Kier alpha value is -1.63. The highest BCUT2D eigenvalue weighted by Crippen LogP contribution is 2.30. The van der Waals surface area contributed by atoms with E-state index in [2.05, 4.69) is 0 Å². The molecule has 2 heterocycles. The molecule has 2 saturated heterocycles. The van der Waals surface area contributed by atoms with Crippen LogP contribution in [0.1, 0.15) is 19.8 Å². The van der Waals surface area contributed by atoms with Crippen LogP contribution in [0.3, 0.4) is 0 Å². The number of aliphatic carboxylic acids is 1. The standard InChI is InChI=1S/C12H18N2O5/c1-12(10(16)17)2-4-13(5-3-12)8-9(15)14-6-7-19-11(14)18/h2-8H2,1H3,(H,16,17). The van der Waals surface area contributed by atoms with Crippen LogP contribution in [-0.4, -0.2) is 65.7 Å². The van der Waals surface area contributed by atoms with Crippen molar-refractivity contribution in [2.75, 3.05) is 32.8 Å². The van der Waals surface area contributed by atoms with Gasteiger partial charge in [-0.05, 0) is 32.9 Å². The van der Waals surface area contributed by atoms with Crippen molar-refractivity contribution in [1.82, 2.24) is 9.80 Å². The zero-order valence-electron chi connectivity index (χ0n) is 10.9. The van der Waals surface area contributed by atoms with E-state index in [0.29, 0.717) is 32.5 Å². The molecule has 7 nitrogen and oxygen atoms in total. The quantitative estimate of drug-likeness (QED) is 0.785. The second kappa shape index (κ2) is 5.16. The highest BCUT2D eigenvalue weighted by Gasteiger charge is 2.38. The van der Waals surface area contributed by atoms with Crippen LogP contribution >= 0.6 is 0 Å². The second-order valence-corrected chi connectivity index (χ2v) is 5.30. The van der Waals surface area contributed by atoms with Gasteiger partial charge in [0.1, 0.15) is 6.61 Å². The van der Waals surface area contributed by atoms with Crippen molar-refractivity contribution >= 4 is 18.0 Å². The largest absolute Gasteiger partial charge is 0.481 e. The summed E-state index contributed by atoms with van der Waals surface area (Å²) < 4.78 is 4.71. The van der Waals surface area contributed by atoms with Crippen LogP contribution in [0.4, 0.5) is 4.79 Å². The van der Waals surface area contributed by atoms with Gasteiger partial charge in [0.2, 0.25) is 5.91 Å². The minimum Gasteiger partial charge on any atom is -0.481 e. The number of piperidine rings is 1. The van der Waals surface area contributed by atoms with Gasteiger partial charge in [0.15, 0.2) is 0 Å². The molecule has 2 fully saturated rings. The number of likely N-dealkylation sites (tertiary alicyclic amines) is 1. The molecule has 0 aromatic rings. The van der Waals surface area contributed by atoms with Gasteiger partial charge in [0.05, 0.1) is 18.5 Å². The first kappa shape index (κ1) is 13.8. The summed E-state index contributed by atoms with van der Waals surface area (Å²) in [7, 11) is 0. The van der Waals surface area contributed by atoms with Crippen molar-refractivity contribution in [2.45, 2.75) is 19.8 Å². The van der Waals surface area contributed by atoms with Crippen LogP contribution in [0.25, 0.3) is 0 Å². The van der Waals surface area contributed by atoms with Crippen LogP contribution in [0, 0.1) is 5.41 Å². The lowest BCUT2D eigenvalue weighted by Gasteiger charge is -2.36. The zero-order valence-corrected chi connectivity index (χ0v) is 10.9. The molecule has 0 aliphatic carbocycles. The maximum Gasteiger partial charge on any atom is 0.416 e. The Morgan fingerprint density at radius 3 is 2.42 bits per heavy atom. The van der Waals surface area contributed by atoms with Crippen molar-refractivity contribution in [1.29, 1.82) is 0 Å². The Bertz CT molecular complexity index is 401. The summed E-state index contributed by atoms with van der Waals surface area (Å²) in [6, 6.07) is 0. The van der Waals surface area contributed by atoms with Gasteiger partial charge in [-0.3, -0.25) is 14.5 Å². The number of nitrogens with zero attached hydrogens (tertiary/aromatic N) is 2. The molecule has 0 atom stereocenters. The summed E-state index contributed by atoms with van der Waals surface area (Å²) in [5, 5.41) is 9.12. The summed E-state index contributed by atoms with van der Waals surface area (Å²) in [6.07, 6.45) is 0.442. The molecule has 2 rings (SSSR count). The fourth-order valence-corrected chi connectivity index (χ4v) is 2.32. The number of carbonyl (C=O) groups excluding carboxylic acids is 2. The number of carboxylic acid groups (broad SMARTS) is 1. The smallest absolute Gasteiger partial charge is 0.416 e. The van der Waals surface area contributed by atoms with Crippen LogP contribution < -0.4 is 0 Å². The number of amides is 2. The molecule has 2 aliphatic rings. The summed E-state index contributed by atoms with van der Waals surface area (Å²) in [4.78, 5) is 37.2. The molecular weight excluding hydrogens is 252 g/mol. The Balaban J connectivity index is 1.84. The number of hydrogen-bond acceptors (Lipinski definition) is 5. The molecule has 106 valence electrons. The van der Waals surface area contributed by atoms with Gasteiger partial charge in [-0.15, -0.1) is 0 Å². The molecule has 0 aromatic carbocycles. The van der Waals surface area contributed by atoms with Gasteiger partial charge in [-0.25, -0.2) is 9.69 Å². The number of hydrogen-bond donors (Lipinski definition) is 1. The Labute approximate surface area is 111 Å².